The van der Waals surface area contributed by atoms with Gasteiger partial charge >= 0.3 is 12.1 Å². The summed E-state index contributed by atoms with van der Waals surface area (Å²) in [5, 5.41) is 3.14. The molecule has 0 aliphatic carbocycles. The maximum atomic E-state index is 12.0. The van der Waals surface area contributed by atoms with Crippen LogP contribution in [0.5, 0.6) is 0 Å². The zero-order valence-electron chi connectivity index (χ0n) is 12.5. The smallest absolute Gasteiger partial charge is 0.411 e. The minimum absolute atomic E-state index is 0.0533. The highest BCUT2D eigenvalue weighted by Crippen LogP contribution is 2.35. The molecule has 0 aliphatic rings. The minimum Gasteiger partial charge on any atom is -0.460 e. The molecule has 0 atom stereocenters. The van der Waals surface area contributed by atoms with Gasteiger partial charge in [0.05, 0.1) is 13.2 Å². The van der Waals surface area contributed by atoms with Gasteiger partial charge in [-0.05, 0) is 38.5 Å². The molecule has 0 saturated carbocycles. The summed E-state index contributed by atoms with van der Waals surface area (Å²) in [6, 6.07) is 3.55. The Morgan fingerprint density at radius 1 is 1.23 bits per heavy atom. The Bertz CT molecular complexity index is 722. The lowest BCUT2D eigenvalue weighted by atomic mass is 10.1. The molecule has 118 valence electrons. The number of ether oxygens (including phenoxy) is 2. The van der Waals surface area contributed by atoms with E-state index in [0.717, 1.165) is 10.0 Å². The number of carbonyl (C=O) groups excluding carboxylic acids is 2. The van der Waals surface area contributed by atoms with Crippen molar-refractivity contribution >= 4 is 44.6 Å². The summed E-state index contributed by atoms with van der Waals surface area (Å²) in [5.41, 5.74) is 1.67. The maximum absolute atomic E-state index is 12.0. The molecule has 0 unspecified atom stereocenters. The van der Waals surface area contributed by atoms with Gasteiger partial charge in [0.25, 0.3) is 0 Å². The molecule has 1 aromatic carbocycles. The number of rotatable bonds is 4. The maximum Gasteiger partial charge on any atom is 0.411 e. The van der Waals surface area contributed by atoms with E-state index < -0.39 is 12.1 Å². The van der Waals surface area contributed by atoms with Crippen LogP contribution in [0.2, 0.25) is 0 Å². The van der Waals surface area contributed by atoms with Crippen molar-refractivity contribution in [3.63, 3.8) is 0 Å². The third-order valence-electron chi connectivity index (χ3n) is 2.93. The molecule has 0 fully saturated rings. The third kappa shape index (κ3) is 3.24. The minimum atomic E-state index is -0.660. The zero-order valence-corrected chi connectivity index (χ0v) is 14.1. The summed E-state index contributed by atoms with van der Waals surface area (Å²) in [6.07, 6.45) is -0.660. The Hall–Kier alpha value is -2.02. The van der Waals surface area contributed by atoms with Crippen molar-refractivity contribution in [3.8, 4) is 0 Å². The first-order valence-electron chi connectivity index (χ1n) is 6.81. The molecule has 1 N–H and O–H groups in total. The number of halogens is 1. The first kappa shape index (κ1) is 16.4. The van der Waals surface area contributed by atoms with E-state index in [4.69, 9.17) is 13.9 Å². The first-order chi connectivity index (χ1) is 10.5. The van der Waals surface area contributed by atoms with Gasteiger partial charge in [-0.3, -0.25) is 5.32 Å². The van der Waals surface area contributed by atoms with Crippen molar-refractivity contribution in [2.24, 2.45) is 0 Å². The second kappa shape index (κ2) is 6.83. The quantitative estimate of drug-likeness (QED) is 0.815. The fourth-order valence-electron chi connectivity index (χ4n) is 1.95. The summed E-state index contributed by atoms with van der Waals surface area (Å²) < 4.78 is 16.2. The Morgan fingerprint density at radius 2 is 1.91 bits per heavy atom. The van der Waals surface area contributed by atoms with Gasteiger partial charge in [-0.1, -0.05) is 15.9 Å². The molecule has 0 bridgehead atoms. The van der Waals surface area contributed by atoms with Crippen LogP contribution in [0.25, 0.3) is 11.0 Å². The number of benzene rings is 1. The SMILES string of the molecule is CCOC(=O)Nc1c(C(=O)OCC)oc2cc(C)c(Br)cc12. The lowest BCUT2D eigenvalue weighted by Gasteiger charge is -2.06. The van der Waals surface area contributed by atoms with Gasteiger partial charge < -0.3 is 13.9 Å². The van der Waals surface area contributed by atoms with Gasteiger partial charge in [-0.2, -0.15) is 0 Å². The number of amides is 1. The number of hydrogen-bond donors (Lipinski definition) is 1. The fourth-order valence-corrected chi connectivity index (χ4v) is 2.30. The number of carbonyl (C=O) groups is 2. The molecule has 0 radical (unpaired) electrons. The lowest BCUT2D eigenvalue weighted by molar-refractivity contribution is 0.0494. The Labute approximate surface area is 135 Å². The van der Waals surface area contributed by atoms with Crippen LogP contribution in [0.4, 0.5) is 10.5 Å². The predicted octanol–water partition coefficient (Wildman–Crippen LogP) is 4.25. The second-order valence-electron chi connectivity index (χ2n) is 4.47. The van der Waals surface area contributed by atoms with E-state index in [1.807, 2.05) is 6.92 Å². The van der Waals surface area contributed by atoms with Crippen LogP contribution in [0.15, 0.2) is 21.0 Å². The molecule has 1 amide bonds. The summed E-state index contributed by atoms with van der Waals surface area (Å²) >= 11 is 3.42. The van der Waals surface area contributed by atoms with Gasteiger partial charge in [0.1, 0.15) is 11.3 Å². The fraction of sp³-hybridized carbons (Fsp3) is 0.333. The van der Waals surface area contributed by atoms with Crippen LogP contribution in [-0.2, 0) is 9.47 Å². The topological polar surface area (TPSA) is 77.8 Å². The zero-order chi connectivity index (χ0) is 16.3. The first-order valence-corrected chi connectivity index (χ1v) is 7.60. The molecule has 0 saturated heterocycles. The molecule has 0 aliphatic heterocycles. The van der Waals surface area contributed by atoms with Crippen molar-refractivity contribution in [3.05, 3.63) is 27.9 Å². The third-order valence-corrected chi connectivity index (χ3v) is 3.79. The molecule has 7 heteroatoms. The highest BCUT2D eigenvalue weighted by molar-refractivity contribution is 9.10. The molecule has 0 spiro atoms. The normalized spacial score (nSPS) is 10.5. The second-order valence-corrected chi connectivity index (χ2v) is 5.32. The van der Waals surface area contributed by atoms with Gasteiger partial charge in [0, 0.05) is 9.86 Å². The molecule has 2 aromatic rings. The number of anilines is 1. The van der Waals surface area contributed by atoms with Crippen LogP contribution >= 0.6 is 15.9 Å². The molecule has 1 aromatic heterocycles. The van der Waals surface area contributed by atoms with Crippen molar-refractivity contribution < 1.29 is 23.5 Å². The Balaban J connectivity index is 2.56. The summed E-state index contributed by atoms with van der Waals surface area (Å²) in [5.74, 6) is -0.693. The van der Waals surface area contributed by atoms with Crippen LogP contribution in [0, 0.1) is 6.92 Å². The van der Waals surface area contributed by atoms with Gasteiger partial charge in [-0.25, -0.2) is 9.59 Å². The van der Waals surface area contributed by atoms with E-state index in [0.29, 0.717) is 11.0 Å². The van der Waals surface area contributed by atoms with Crippen molar-refractivity contribution in [1.29, 1.82) is 0 Å². The van der Waals surface area contributed by atoms with Crippen LogP contribution < -0.4 is 5.32 Å². The number of aryl methyl sites for hydroxylation is 1. The molecule has 6 nitrogen and oxygen atoms in total. The Kier molecular flexibility index (Phi) is 5.07. The molecule has 22 heavy (non-hydrogen) atoms. The summed E-state index contributed by atoms with van der Waals surface area (Å²) in [7, 11) is 0. The van der Waals surface area contributed by atoms with E-state index in [1.54, 1.807) is 26.0 Å². The predicted molar refractivity (Wildman–Crippen MR) is 85.3 cm³/mol. The molecular weight excluding hydrogens is 354 g/mol. The number of nitrogens with one attached hydrogen (secondary N) is 1. The van der Waals surface area contributed by atoms with Crippen molar-refractivity contribution in [2.45, 2.75) is 20.8 Å². The van der Waals surface area contributed by atoms with Crippen molar-refractivity contribution in [1.82, 2.24) is 0 Å². The monoisotopic (exact) mass is 369 g/mol. The summed E-state index contributed by atoms with van der Waals surface area (Å²) in [6.45, 7) is 5.71. The van der Waals surface area contributed by atoms with E-state index in [-0.39, 0.29) is 24.7 Å². The van der Waals surface area contributed by atoms with Gasteiger partial charge in [0.2, 0.25) is 5.76 Å². The Morgan fingerprint density at radius 3 is 2.55 bits per heavy atom. The standard InChI is InChI=1S/C15H16BrNO5/c1-4-20-14(18)13-12(17-15(19)21-5-2)9-7-10(16)8(3)6-11(9)22-13/h6-7H,4-5H2,1-3H3,(H,17,19). The van der Waals surface area contributed by atoms with Crippen LogP contribution in [-0.4, -0.2) is 25.3 Å². The molecule has 2 rings (SSSR count). The highest BCUT2D eigenvalue weighted by atomic mass is 79.9. The van der Waals surface area contributed by atoms with Crippen LogP contribution in [0.1, 0.15) is 30.0 Å². The van der Waals surface area contributed by atoms with Gasteiger partial charge in [0.15, 0.2) is 0 Å². The average molecular weight is 370 g/mol. The summed E-state index contributed by atoms with van der Waals surface area (Å²) in [4.78, 5) is 23.7. The van der Waals surface area contributed by atoms with Crippen LogP contribution in [0.3, 0.4) is 0 Å². The number of esters is 1. The molecular formula is C15H16BrNO5. The largest absolute Gasteiger partial charge is 0.460 e. The lowest BCUT2D eigenvalue weighted by Crippen LogP contribution is -2.15. The average Bonchev–Trinajstić information content (AvgIpc) is 2.78. The van der Waals surface area contributed by atoms with Gasteiger partial charge in [-0.15, -0.1) is 0 Å². The van der Waals surface area contributed by atoms with E-state index >= 15 is 0 Å². The van der Waals surface area contributed by atoms with E-state index in [9.17, 15) is 9.59 Å². The van der Waals surface area contributed by atoms with E-state index in [2.05, 4.69) is 21.2 Å². The van der Waals surface area contributed by atoms with Crippen molar-refractivity contribution in [2.75, 3.05) is 18.5 Å². The number of furan rings is 1. The number of fused-ring (bicyclic) bond motifs is 1. The molecule has 1 heterocycles. The number of hydrogen-bond acceptors (Lipinski definition) is 5. The highest BCUT2D eigenvalue weighted by Gasteiger charge is 2.24. The van der Waals surface area contributed by atoms with E-state index in [1.165, 1.54) is 0 Å².